The molecular formula is C19H19N3O5S. The molecule has 3 N–H and O–H groups in total. The number of anilines is 1. The Morgan fingerprint density at radius 1 is 1.04 bits per heavy atom. The molecule has 1 aliphatic heterocycles. The molecule has 1 atom stereocenters. The van der Waals surface area contributed by atoms with Crippen molar-refractivity contribution < 1.29 is 22.8 Å². The molecule has 0 spiro atoms. The SMILES string of the molecule is CCC(=O)Nc1ccc(C(C)NS(=O)(=O)c2ccc3c(c2)C(=O)NC3=O)cc1. The molecule has 0 aliphatic carbocycles. The molecule has 1 heterocycles. The lowest BCUT2D eigenvalue weighted by atomic mass is 10.1. The highest BCUT2D eigenvalue weighted by Crippen LogP contribution is 2.23. The lowest BCUT2D eigenvalue weighted by Crippen LogP contribution is -2.27. The van der Waals surface area contributed by atoms with Gasteiger partial charge in [-0.15, -0.1) is 0 Å². The van der Waals surface area contributed by atoms with E-state index in [9.17, 15) is 22.8 Å². The number of carbonyl (C=O) groups is 3. The van der Waals surface area contributed by atoms with Gasteiger partial charge in [0.25, 0.3) is 11.8 Å². The number of sulfonamides is 1. The number of carbonyl (C=O) groups excluding carboxylic acids is 3. The van der Waals surface area contributed by atoms with E-state index in [1.165, 1.54) is 18.2 Å². The van der Waals surface area contributed by atoms with Crippen molar-refractivity contribution >= 4 is 33.4 Å². The van der Waals surface area contributed by atoms with Gasteiger partial charge in [0.05, 0.1) is 16.0 Å². The lowest BCUT2D eigenvalue weighted by Gasteiger charge is -2.15. The zero-order valence-corrected chi connectivity index (χ0v) is 16.1. The van der Waals surface area contributed by atoms with Crippen molar-refractivity contribution in [1.82, 2.24) is 10.0 Å². The topological polar surface area (TPSA) is 121 Å². The van der Waals surface area contributed by atoms with Crippen molar-refractivity contribution in [3.05, 3.63) is 59.2 Å². The van der Waals surface area contributed by atoms with Gasteiger partial charge in [0.15, 0.2) is 0 Å². The number of rotatable bonds is 6. The summed E-state index contributed by atoms with van der Waals surface area (Å²) in [5, 5.41) is 4.85. The number of hydrogen-bond donors (Lipinski definition) is 3. The van der Waals surface area contributed by atoms with E-state index in [1.54, 1.807) is 38.1 Å². The first-order valence-electron chi connectivity index (χ1n) is 8.63. The van der Waals surface area contributed by atoms with Crippen LogP contribution in [0.4, 0.5) is 5.69 Å². The zero-order chi connectivity index (χ0) is 20.5. The van der Waals surface area contributed by atoms with Gasteiger partial charge in [-0.3, -0.25) is 19.7 Å². The molecule has 8 nitrogen and oxygen atoms in total. The molecule has 2 aromatic rings. The number of amides is 3. The van der Waals surface area contributed by atoms with Gasteiger partial charge < -0.3 is 5.32 Å². The van der Waals surface area contributed by atoms with Gasteiger partial charge in [-0.25, -0.2) is 13.1 Å². The predicted molar refractivity (Wildman–Crippen MR) is 102 cm³/mol. The monoisotopic (exact) mass is 401 g/mol. The van der Waals surface area contributed by atoms with Crippen LogP contribution in [0.2, 0.25) is 0 Å². The van der Waals surface area contributed by atoms with Crippen LogP contribution in [0.1, 0.15) is 52.6 Å². The molecular weight excluding hydrogens is 382 g/mol. The minimum atomic E-state index is -3.91. The summed E-state index contributed by atoms with van der Waals surface area (Å²) in [6, 6.07) is 10.1. The summed E-state index contributed by atoms with van der Waals surface area (Å²) in [7, 11) is -3.91. The normalized spacial score (nSPS) is 14.4. The average molecular weight is 401 g/mol. The standard InChI is InChI=1S/C19H19N3O5S/c1-3-17(23)20-13-6-4-12(5-7-13)11(2)22-28(26,27)14-8-9-15-16(10-14)19(25)21-18(15)24/h4-11,22H,3H2,1-2H3,(H,20,23)(H,21,24,25). The molecule has 0 radical (unpaired) electrons. The van der Waals surface area contributed by atoms with E-state index < -0.39 is 27.9 Å². The number of hydrogen-bond acceptors (Lipinski definition) is 5. The predicted octanol–water partition coefficient (Wildman–Crippen LogP) is 1.96. The fourth-order valence-corrected chi connectivity index (χ4v) is 4.05. The first kappa shape index (κ1) is 19.7. The van der Waals surface area contributed by atoms with Crippen LogP contribution < -0.4 is 15.4 Å². The first-order chi connectivity index (χ1) is 13.2. The van der Waals surface area contributed by atoms with Crippen molar-refractivity contribution in [3.63, 3.8) is 0 Å². The quantitative estimate of drug-likeness (QED) is 0.639. The Morgan fingerprint density at radius 2 is 1.68 bits per heavy atom. The minimum absolute atomic E-state index is 0.0385. The Bertz CT molecular complexity index is 1060. The Morgan fingerprint density at radius 3 is 2.32 bits per heavy atom. The third-order valence-electron chi connectivity index (χ3n) is 4.37. The molecule has 2 aromatic carbocycles. The molecule has 3 amide bonds. The molecule has 0 bridgehead atoms. The van der Waals surface area contributed by atoms with Crippen LogP contribution in [0.25, 0.3) is 0 Å². The largest absolute Gasteiger partial charge is 0.326 e. The van der Waals surface area contributed by atoms with Gasteiger partial charge in [0.2, 0.25) is 15.9 Å². The molecule has 28 heavy (non-hydrogen) atoms. The number of nitrogens with one attached hydrogen (secondary N) is 3. The van der Waals surface area contributed by atoms with Crippen molar-refractivity contribution in [2.45, 2.75) is 31.2 Å². The van der Waals surface area contributed by atoms with Crippen LogP contribution >= 0.6 is 0 Å². The van der Waals surface area contributed by atoms with Crippen molar-refractivity contribution in [2.24, 2.45) is 0 Å². The van der Waals surface area contributed by atoms with Gasteiger partial charge in [0, 0.05) is 18.2 Å². The highest BCUT2D eigenvalue weighted by Gasteiger charge is 2.29. The van der Waals surface area contributed by atoms with E-state index in [-0.39, 0.29) is 21.9 Å². The second kappa shape index (κ2) is 7.53. The Kier molecular flexibility index (Phi) is 5.30. The van der Waals surface area contributed by atoms with E-state index in [0.717, 1.165) is 0 Å². The molecule has 0 saturated carbocycles. The maximum Gasteiger partial charge on any atom is 0.258 e. The number of imide groups is 1. The summed E-state index contributed by atoms with van der Waals surface area (Å²) in [5.41, 5.74) is 1.52. The minimum Gasteiger partial charge on any atom is -0.326 e. The summed E-state index contributed by atoms with van der Waals surface area (Å²) in [6.45, 7) is 3.43. The first-order valence-corrected chi connectivity index (χ1v) is 10.1. The van der Waals surface area contributed by atoms with E-state index >= 15 is 0 Å². The van der Waals surface area contributed by atoms with Gasteiger partial charge in [-0.2, -0.15) is 0 Å². The van der Waals surface area contributed by atoms with Gasteiger partial charge >= 0.3 is 0 Å². The van der Waals surface area contributed by atoms with Crippen molar-refractivity contribution in [1.29, 1.82) is 0 Å². The fraction of sp³-hybridized carbons (Fsp3) is 0.211. The Hall–Kier alpha value is -3.04. The molecule has 0 saturated heterocycles. The second-order valence-electron chi connectivity index (χ2n) is 6.36. The van der Waals surface area contributed by atoms with Crippen LogP contribution in [0.3, 0.4) is 0 Å². The van der Waals surface area contributed by atoms with E-state index in [4.69, 9.17) is 0 Å². The summed E-state index contributed by atoms with van der Waals surface area (Å²) < 4.78 is 27.9. The van der Waals surface area contributed by atoms with E-state index in [0.29, 0.717) is 17.7 Å². The average Bonchev–Trinajstić information content (AvgIpc) is 2.95. The van der Waals surface area contributed by atoms with Crippen LogP contribution in [0.5, 0.6) is 0 Å². The maximum atomic E-state index is 12.7. The third kappa shape index (κ3) is 3.95. The van der Waals surface area contributed by atoms with Gasteiger partial charge in [0.1, 0.15) is 0 Å². The van der Waals surface area contributed by atoms with E-state index in [2.05, 4.69) is 15.4 Å². The van der Waals surface area contributed by atoms with E-state index in [1.807, 2.05) is 0 Å². The van der Waals surface area contributed by atoms with Crippen LogP contribution in [-0.4, -0.2) is 26.1 Å². The molecule has 1 unspecified atom stereocenters. The number of fused-ring (bicyclic) bond motifs is 1. The molecule has 146 valence electrons. The molecule has 0 fully saturated rings. The van der Waals surface area contributed by atoms with Crippen molar-refractivity contribution in [2.75, 3.05) is 5.32 Å². The number of benzene rings is 2. The Labute approximate surface area is 162 Å². The Balaban J connectivity index is 1.77. The molecule has 0 aromatic heterocycles. The lowest BCUT2D eigenvalue weighted by molar-refractivity contribution is -0.115. The molecule has 9 heteroatoms. The van der Waals surface area contributed by atoms with Crippen LogP contribution in [-0.2, 0) is 14.8 Å². The molecule has 3 rings (SSSR count). The maximum absolute atomic E-state index is 12.7. The van der Waals surface area contributed by atoms with Crippen LogP contribution in [0, 0.1) is 0 Å². The van der Waals surface area contributed by atoms with Gasteiger partial charge in [-0.1, -0.05) is 19.1 Å². The second-order valence-corrected chi connectivity index (χ2v) is 8.07. The zero-order valence-electron chi connectivity index (χ0n) is 15.3. The van der Waals surface area contributed by atoms with Crippen molar-refractivity contribution in [3.8, 4) is 0 Å². The highest BCUT2D eigenvalue weighted by molar-refractivity contribution is 7.89. The smallest absolute Gasteiger partial charge is 0.258 e. The third-order valence-corrected chi connectivity index (χ3v) is 5.90. The summed E-state index contributed by atoms with van der Waals surface area (Å²) in [6.07, 6.45) is 0.363. The summed E-state index contributed by atoms with van der Waals surface area (Å²) >= 11 is 0. The van der Waals surface area contributed by atoms with Gasteiger partial charge in [-0.05, 0) is 42.8 Å². The molecule has 1 aliphatic rings. The summed E-state index contributed by atoms with van der Waals surface area (Å²) in [4.78, 5) is 34.7. The summed E-state index contributed by atoms with van der Waals surface area (Å²) in [5.74, 6) is -1.27. The fourth-order valence-electron chi connectivity index (χ4n) is 2.79. The highest BCUT2D eigenvalue weighted by atomic mass is 32.2. The van der Waals surface area contributed by atoms with Crippen LogP contribution in [0.15, 0.2) is 47.4 Å².